The Kier molecular flexibility index (Phi) is 9.20. The number of hydrogen-bond acceptors (Lipinski definition) is 3. The molecule has 3 rings (SSSR count). The number of halogens is 1. The van der Waals surface area contributed by atoms with Crippen molar-refractivity contribution in [3.63, 3.8) is 0 Å². The van der Waals surface area contributed by atoms with Gasteiger partial charge in [0, 0.05) is 32.2 Å². The highest BCUT2D eigenvalue weighted by molar-refractivity contribution is 14.0. The Bertz CT molecular complexity index is 792. The number of fused-ring (bicyclic) bond motifs is 1. The van der Waals surface area contributed by atoms with Gasteiger partial charge in [0.25, 0.3) is 0 Å². The quantitative estimate of drug-likeness (QED) is 0.257. The average molecular weight is 512 g/mol. The van der Waals surface area contributed by atoms with Gasteiger partial charge in [0.2, 0.25) is 0 Å². The molecule has 0 aliphatic carbocycles. The van der Waals surface area contributed by atoms with Crippen molar-refractivity contribution in [1.29, 1.82) is 0 Å². The summed E-state index contributed by atoms with van der Waals surface area (Å²) in [5, 5.41) is 6.98. The number of benzene rings is 1. The van der Waals surface area contributed by atoms with E-state index < -0.39 is 0 Å². The van der Waals surface area contributed by atoms with Gasteiger partial charge in [-0.25, -0.2) is 4.98 Å². The van der Waals surface area contributed by atoms with Crippen molar-refractivity contribution in [2.75, 3.05) is 33.2 Å². The topological polar surface area (TPSA) is 57.5 Å². The fraction of sp³-hybridized carbons (Fsp3) is 0.636. The van der Waals surface area contributed by atoms with E-state index >= 15 is 0 Å². The Morgan fingerprint density at radius 2 is 1.86 bits per heavy atom. The molecule has 6 nitrogen and oxygen atoms in total. The molecule has 0 amide bonds. The van der Waals surface area contributed by atoms with Crippen LogP contribution in [0.2, 0.25) is 0 Å². The van der Waals surface area contributed by atoms with E-state index in [9.17, 15) is 0 Å². The van der Waals surface area contributed by atoms with E-state index in [4.69, 9.17) is 0 Å². The van der Waals surface area contributed by atoms with Gasteiger partial charge >= 0.3 is 0 Å². The molecule has 0 unspecified atom stereocenters. The number of hydrogen-bond donors (Lipinski definition) is 2. The molecule has 1 fully saturated rings. The molecular weight excluding hydrogens is 475 g/mol. The second-order valence-corrected chi connectivity index (χ2v) is 8.37. The number of guanidine groups is 1. The maximum absolute atomic E-state index is 4.65. The lowest BCUT2D eigenvalue weighted by atomic mass is 9.98. The van der Waals surface area contributed by atoms with Gasteiger partial charge in [-0.1, -0.05) is 18.6 Å². The number of nitrogens with one attached hydrogen (secondary N) is 2. The lowest BCUT2D eigenvalue weighted by molar-refractivity contribution is 0.0982. The van der Waals surface area contributed by atoms with Crippen molar-refractivity contribution >= 4 is 41.0 Å². The van der Waals surface area contributed by atoms with Crippen LogP contribution in [0.15, 0.2) is 29.3 Å². The van der Waals surface area contributed by atoms with Crippen LogP contribution in [0, 0.1) is 6.92 Å². The van der Waals surface area contributed by atoms with Gasteiger partial charge in [-0.05, 0) is 65.3 Å². The molecule has 2 heterocycles. The van der Waals surface area contributed by atoms with Crippen LogP contribution in [0.25, 0.3) is 11.0 Å². The fourth-order valence-electron chi connectivity index (χ4n) is 4.05. The standard InChI is InChI=1S/C22H36N6.HI/c1-18-26-19-11-6-7-12-20(19)28(18)16-10-13-24-21(23-4)25-17-22(2,3)27-14-8-5-9-15-27;/h6-7,11-12H,5,8-10,13-17H2,1-4H3,(H2,23,24,25);1H. The zero-order valence-corrected chi connectivity index (χ0v) is 20.7. The van der Waals surface area contributed by atoms with Crippen LogP contribution in [0.4, 0.5) is 0 Å². The third-order valence-electron chi connectivity index (χ3n) is 5.82. The van der Waals surface area contributed by atoms with Gasteiger partial charge in [0.15, 0.2) is 5.96 Å². The minimum Gasteiger partial charge on any atom is -0.356 e. The minimum atomic E-state index is 0. The molecule has 1 aliphatic rings. The monoisotopic (exact) mass is 512 g/mol. The number of para-hydroxylation sites is 2. The number of nitrogens with zero attached hydrogens (tertiary/aromatic N) is 4. The normalized spacial score (nSPS) is 15.9. The van der Waals surface area contributed by atoms with Gasteiger partial charge < -0.3 is 15.2 Å². The molecule has 2 aromatic rings. The molecule has 1 saturated heterocycles. The van der Waals surface area contributed by atoms with Crippen LogP contribution in [-0.2, 0) is 6.54 Å². The molecule has 162 valence electrons. The Hall–Kier alpha value is -1.35. The molecule has 1 aromatic carbocycles. The van der Waals surface area contributed by atoms with E-state index in [1.54, 1.807) is 0 Å². The molecule has 29 heavy (non-hydrogen) atoms. The molecule has 0 spiro atoms. The molecule has 1 aromatic heterocycles. The molecule has 0 bridgehead atoms. The number of rotatable bonds is 7. The molecule has 7 heteroatoms. The summed E-state index contributed by atoms with van der Waals surface area (Å²) in [6.07, 6.45) is 5.03. The third kappa shape index (κ3) is 6.31. The lowest BCUT2D eigenvalue weighted by Gasteiger charge is -2.41. The first-order chi connectivity index (χ1) is 13.5. The highest BCUT2D eigenvalue weighted by atomic mass is 127. The van der Waals surface area contributed by atoms with Crippen molar-refractivity contribution in [2.45, 2.75) is 58.5 Å². The first kappa shape index (κ1) is 23.9. The zero-order valence-electron chi connectivity index (χ0n) is 18.4. The maximum atomic E-state index is 4.65. The predicted octanol–water partition coefficient (Wildman–Crippen LogP) is 3.78. The van der Waals surface area contributed by atoms with Crippen LogP contribution in [0.5, 0.6) is 0 Å². The summed E-state index contributed by atoms with van der Waals surface area (Å²) in [6.45, 7) is 11.9. The van der Waals surface area contributed by atoms with Gasteiger partial charge in [-0.3, -0.25) is 9.89 Å². The Morgan fingerprint density at radius 1 is 1.14 bits per heavy atom. The Balaban J connectivity index is 0.00000300. The summed E-state index contributed by atoms with van der Waals surface area (Å²) in [4.78, 5) is 11.6. The third-order valence-corrected chi connectivity index (χ3v) is 5.82. The van der Waals surface area contributed by atoms with Crippen LogP contribution in [-0.4, -0.2) is 59.2 Å². The van der Waals surface area contributed by atoms with Crippen molar-refractivity contribution in [2.24, 2.45) is 4.99 Å². The summed E-state index contributed by atoms with van der Waals surface area (Å²) in [5.74, 6) is 1.96. The lowest BCUT2D eigenvalue weighted by Crippen LogP contribution is -2.54. The van der Waals surface area contributed by atoms with Gasteiger partial charge in [-0.15, -0.1) is 24.0 Å². The number of piperidine rings is 1. The Labute approximate surface area is 192 Å². The molecule has 0 atom stereocenters. The summed E-state index contributed by atoms with van der Waals surface area (Å²) in [7, 11) is 1.84. The molecule has 1 aliphatic heterocycles. The molecule has 0 radical (unpaired) electrons. The molecule has 0 saturated carbocycles. The van der Waals surface area contributed by atoms with E-state index in [0.717, 1.165) is 43.4 Å². The van der Waals surface area contributed by atoms with Crippen molar-refractivity contribution in [1.82, 2.24) is 25.1 Å². The summed E-state index contributed by atoms with van der Waals surface area (Å²) < 4.78 is 2.30. The van der Waals surface area contributed by atoms with E-state index in [0.29, 0.717) is 0 Å². The SMILES string of the molecule is CN=C(NCCCn1c(C)nc2ccccc21)NCC(C)(C)N1CCCCC1.I. The van der Waals surface area contributed by atoms with Crippen molar-refractivity contribution in [3.8, 4) is 0 Å². The average Bonchev–Trinajstić information content (AvgIpc) is 3.03. The number of imidazole rings is 1. The maximum Gasteiger partial charge on any atom is 0.191 e. The smallest absolute Gasteiger partial charge is 0.191 e. The van der Waals surface area contributed by atoms with E-state index in [-0.39, 0.29) is 29.5 Å². The zero-order chi connectivity index (χ0) is 20.0. The molecule has 2 N–H and O–H groups in total. The highest BCUT2D eigenvalue weighted by Gasteiger charge is 2.27. The number of aliphatic imine (C=N–C) groups is 1. The highest BCUT2D eigenvalue weighted by Crippen LogP contribution is 2.19. The fourth-order valence-corrected chi connectivity index (χ4v) is 4.05. The van der Waals surface area contributed by atoms with E-state index in [1.165, 1.54) is 37.9 Å². The molecular formula is C22H37IN6. The van der Waals surface area contributed by atoms with E-state index in [1.807, 2.05) is 13.1 Å². The Morgan fingerprint density at radius 3 is 2.59 bits per heavy atom. The number of likely N-dealkylation sites (tertiary alicyclic amines) is 1. The number of aromatic nitrogens is 2. The second kappa shape index (κ2) is 11.2. The minimum absolute atomic E-state index is 0. The summed E-state index contributed by atoms with van der Waals surface area (Å²) in [6, 6.07) is 8.34. The van der Waals surface area contributed by atoms with E-state index in [2.05, 4.69) is 69.0 Å². The van der Waals surface area contributed by atoms with Crippen molar-refractivity contribution < 1.29 is 0 Å². The van der Waals surface area contributed by atoms with Gasteiger partial charge in [0.1, 0.15) is 5.82 Å². The summed E-state index contributed by atoms with van der Waals surface area (Å²) in [5.41, 5.74) is 2.43. The van der Waals surface area contributed by atoms with Gasteiger partial charge in [-0.2, -0.15) is 0 Å². The van der Waals surface area contributed by atoms with Crippen molar-refractivity contribution in [3.05, 3.63) is 30.1 Å². The first-order valence-corrected chi connectivity index (χ1v) is 10.6. The van der Waals surface area contributed by atoms with Gasteiger partial charge in [0.05, 0.1) is 11.0 Å². The van der Waals surface area contributed by atoms with Crippen LogP contribution < -0.4 is 10.6 Å². The van der Waals surface area contributed by atoms with Crippen LogP contribution in [0.3, 0.4) is 0 Å². The van der Waals surface area contributed by atoms with Crippen LogP contribution >= 0.6 is 24.0 Å². The van der Waals surface area contributed by atoms with Crippen LogP contribution in [0.1, 0.15) is 45.4 Å². The first-order valence-electron chi connectivity index (χ1n) is 10.6. The largest absolute Gasteiger partial charge is 0.356 e. The summed E-state index contributed by atoms with van der Waals surface area (Å²) >= 11 is 0. The predicted molar refractivity (Wildman–Crippen MR) is 133 cm³/mol. The second-order valence-electron chi connectivity index (χ2n) is 8.37. The number of aryl methyl sites for hydroxylation is 2.